The summed E-state index contributed by atoms with van der Waals surface area (Å²) in [6, 6.07) is 13.8. The minimum Gasteiger partial charge on any atom is -0.459 e. The molecule has 0 saturated carbocycles. The molecule has 0 aliphatic carbocycles. The first-order valence-corrected chi connectivity index (χ1v) is 8.36. The molecule has 0 radical (unpaired) electrons. The standard InChI is InChI=1S/C21H18FNO4/c1-13-5-6-16(12-18(13)23-20(24)19-4-3-11-26-19)21(25)27-14(2)15-7-9-17(22)10-8-15/h3-12,14H,1-2H3,(H,23,24)/t14-/m1/s1. The minimum absolute atomic E-state index is 0.173. The summed E-state index contributed by atoms with van der Waals surface area (Å²) >= 11 is 0. The maximum atomic E-state index is 13.0. The van der Waals surface area contributed by atoms with Gasteiger partial charge in [0.1, 0.15) is 11.9 Å². The van der Waals surface area contributed by atoms with Gasteiger partial charge in [0.25, 0.3) is 5.91 Å². The van der Waals surface area contributed by atoms with Crippen LogP contribution in [0, 0.1) is 12.7 Å². The van der Waals surface area contributed by atoms with Gasteiger partial charge in [0.15, 0.2) is 5.76 Å². The van der Waals surface area contributed by atoms with Gasteiger partial charge in [-0.25, -0.2) is 9.18 Å². The lowest BCUT2D eigenvalue weighted by atomic mass is 10.1. The SMILES string of the molecule is Cc1ccc(C(=O)O[C@H](C)c2ccc(F)cc2)cc1NC(=O)c1ccco1. The van der Waals surface area contributed by atoms with Gasteiger partial charge in [-0.2, -0.15) is 0 Å². The molecular weight excluding hydrogens is 349 g/mol. The summed E-state index contributed by atoms with van der Waals surface area (Å²) in [5, 5.41) is 2.72. The third-order valence-corrected chi connectivity index (χ3v) is 4.09. The zero-order valence-corrected chi connectivity index (χ0v) is 14.9. The summed E-state index contributed by atoms with van der Waals surface area (Å²) in [6.45, 7) is 3.52. The van der Waals surface area contributed by atoms with Crippen LogP contribution in [-0.4, -0.2) is 11.9 Å². The zero-order valence-electron chi connectivity index (χ0n) is 14.9. The minimum atomic E-state index is -0.541. The predicted molar refractivity (Wildman–Crippen MR) is 98.1 cm³/mol. The normalized spacial score (nSPS) is 11.7. The van der Waals surface area contributed by atoms with Gasteiger partial charge in [-0.1, -0.05) is 18.2 Å². The fourth-order valence-electron chi connectivity index (χ4n) is 2.51. The number of carbonyl (C=O) groups excluding carboxylic acids is 2. The van der Waals surface area contributed by atoms with Crippen molar-refractivity contribution in [3.8, 4) is 0 Å². The number of benzene rings is 2. The van der Waals surface area contributed by atoms with Gasteiger partial charge in [0.05, 0.1) is 11.8 Å². The topological polar surface area (TPSA) is 68.5 Å². The van der Waals surface area contributed by atoms with Crippen LogP contribution in [0.5, 0.6) is 0 Å². The van der Waals surface area contributed by atoms with Gasteiger partial charge < -0.3 is 14.5 Å². The van der Waals surface area contributed by atoms with E-state index in [-0.39, 0.29) is 11.6 Å². The number of hydrogen-bond acceptors (Lipinski definition) is 4. The van der Waals surface area contributed by atoms with Crippen LogP contribution in [0.2, 0.25) is 0 Å². The quantitative estimate of drug-likeness (QED) is 0.652. The Morgan fingerprint density at radius 1 is 1.11 bits per heavy atom. The molecule has 0 spiro atoms. The van der Waals surface area contributed by atoms with Crippen LogP contribution in [0.1, 0.15) is 45.1 Å². The lowest BCUT2D eigenvalue weighted by Gasteiger charge is -2.15. The fraction of sp³-hybridized carbons (Fsp3) is 0.143. The molecule has 0 aliphatic rings. The van der Waals surface area contributed by atoms with Gasteiger partial charge in [0.2, 0.25) is 0 Å². The molecule has 0 aliphatic heterocycles. The molecular formula is C21H18FNO4. The molecule has 1 heterocycles. The van der Waals surface area contributed by atoms with Crippen LogP contribution >= 0.6 is 0 Å². The van der Waals surface area contributed by atoms with E-state index in [4.69, 9.17) is 9.15 Å². The first kappa shape index (κ1) is 18.4. The molecule has 1 aromatic heterocycles. The number of ether oxygens (including phenoxy) is 1. The van der Waals surface area contributed by atoms with Crippen LogP contribution in [-0.2, 0) is 4.74 Å². The van der Waals surface area contributed by atoms with E-state index in [1.807, 2.05) is 6.92 Å². The number of nitrogens with one attached hydrogen (secondary N) is 1. The third-order valence-electron chi connectivity index (χ3n) is 4.09. The first-order valence-electron chi connectivity index (χ1n) is 8.36. The first-order chi connectivity index (χ1) is 12.9. The number of carbonyl (C=O) groups is 2. The summed E-state index contributed by atoms with van der Waals surface area (Å²) in [7, 11) is 0. The van der Waals surface area contributed by atoms with Crippen molar-refractivity contribution >= 4 is 17.6 Å². The maximum absolute atomic E-state index is 13.0. The Kier molecular flexibility index (Phi) is 5.35. The second kappa shape index (κ2) is 7.86. The van der Waals surface area contributed by atoms with E-state index in [1.54, 1.807) is 49.4 Å². The average Bonchev–Trinajstić information content (AvgIpc) is 3.18. The molecule has 0 fully saturated rings. The van der Waals surface area contributed by atoms with Gasteiger partial charge >= 0.3 is 5.97 Å². The van der Waals surface area contributed by atoms with Gasteiger partial charge in [-0.3, -0.25) is 4.79 Å². The molecule has 3 aromatic rings. The highest BCUT2D eigenvalue weighted by atomic mass is 19.1. The van der Waals surface area contributed by atoms with Crippen molar-refractivity contribution in [3.63, 3.8) is 0 Å². The number of furan rings is 1. The Bertz CT molecular complexity index is 949. The van der Waals surface area contributed by atoms with E-state index in [1.165, 1.54) is 18.4 Å². The van der Waals surface area contributed by atoms with E-state index in [0.717, 1.165) is 5.56 Å². The number of halogens is 1. The second-order valence-electron chi connectivity index (χ2n) is 6.06. The number of esters is 1. The summed E-state index contributed by atoms with van der Waals surface area (Å²) in [6.07, 6.45) is 0.868. The Labute approximate surface area is 155 Å². The molecule has 2 aromatic carbocycles. The largest absolute Gasteiger partial charge is 0.459 e. The van der Waals surface area contributed by atoms with E-state index in [0.29, 0.717) is 16.8 Å². The third kappa shape index (κ3) is 4.41. The number of rotatable bonds is 5. The molecule has 138 valence electrons. The maximum Gasteiger partial charge on any atom is 0.338 e. The van der Waals surface area contributed by atoms with E-state index in [9.17, 15) is 14.0 Å². The fourth-order valence-corrected chi connectivity index (χ4v) is 2.51. The van der Waals surface area contributed by atoms with Crippen molar-refractivity contribution < 1.29 is 23.1 Å². The Balaban J connectivity index is 1.73. The van der Waals surface area contributed by atoms with E-state index >= 15 is 0 Å². The molecule has 3 rings (SSSR count). The van der Waals surface area contributed by atoms with Crippen molar-refractivity contribution in [2.75, 3.05) is 5.32 Å². The molecule has 1 atom stereocenters. The lowest BCUT2D eigenvalue weighted by molar-refractivity contribution is 0.0337. The number of hydrogen-bond donors (Lipinski definition) is 1. The van der Waals surface area contributed by atoms with Crippen molar-refractivity contribution in [1.29, 1.82) is 0 Å². The van der Waals surface area contributed by atoms with Crippen LogP contribution < -0.4 is 5.32 Å². The summed E-state index contributed by atoms with van der Waals surface area (Å²) < 4.78 is 23.5. The lowest BCUT2D eigenvalue weighted by Crippen LogP contribution is -2.14. The van der Waals surface area contributed by atoms with E-state index < -0.39 is 18.0 Å². The monoisotopic (exact) mass is 367 g/mol. The van der Waals surface area contributed by atoms with Crippen LogP contribution in [0.3, 0.4) is 0 Å². The summed E-state index contributed by atoms with van der Waals surface area (Å²) in [5.41, 5.74) is 2.26. The molecule has 5 nitrogen and oxygen atoms in total. The molecule has 1 amide bonds. The smallest absolute Gasteiger partial charge is 0.338 e. The molecule has 27 heavy (non-hydrogen) atoms. The average molecular weight is 367 g/mol. The Hall–Kier alpha value is -3.41. The number of aryl methyl sites for hydroxylation is 1. The van der Waals surface area contributed by atoms with Gasteiger partial charge in [0, 0.05) is 5.69 Å². The van der Waals surface area contributed by atoms with Gasteiger partial charge in [-0.15, -0.1) is 0 Å². The highest BCUT2D eigenvalue weighted by molar-refractivity contribution is 6.03. The van der Waals surface area contributed by atoms with Crippen molar-refractivity contribution in [1.82, 2.24) is 0 Å². The van der Waals surface area contributed by atoms with Crippen molar-refractivity contribution in [2.24, 2.45) is 0 Å². The summed E-state index contributed by atoms with van der Waals surface area (Å²) in [5.74, 6) is -1.13. The highest BCUT2D eigenvalue weighted by Gasteiger charge is 2.16. The molecule has 0 bridgehead atoms. The Morgan fingerprint density at radius 3 is 2.52 bits per heavy atom. The molecule has 0 unspecified atom stereocenters. The molecule has 1 N–H and O–H groups in total. The van der Waals surface area contributed by atoms with Crippen LogP contribution in [0.15, 0.2) is 65.3 Å². The second-order valence-corrected chi connectivity index (χ2v) is 6.06. The van der Waals surface area contributed by atoms with Gasteiger partial charge in [-0.05, 0) is 61.4 Å². The summed E-state index contributed by atoms with van der Waals surface area (Å²) in [4.78, 5) is 24.6. The number of anilines is 1. The van der Waals surface area contributed by atoms with Crippen molar-refractivity contribution in [2.45, 2.75) is 20.0 Å². The van der Waals surface area contributed by atoms with Crippen LogP contribution in [0.25, 0.3) is 0 Å². The zero-order chi connectivity index (χ0) is 19.4. The number of amides is 1. The Morgan fingerprint density at radius 2 is 1.85 bits per heavy atom. The highest BCUT2D eigenvalue weighted by Crippen LogP contribution is 2.22. The van der Waals surface area contributed by atoms with Crippen molar-refractivity contribution in [3.05, 3.63) is 89.1 Å². The molecule has 0 saturated heterocycles. The molecule has 6 heteroatoms. The van der Waals surface area contributed by atoms with E-state index in [2.05, 4.69) is 5.32 Å². The van der Waals surface area contributed by atoms with Crippen LogP contribution in [0.4, 0.5) is 10.1 Å². The predicted octanol–water partition coefficient (Wildman–Crippen LogP) is 4.90.